The fourth-order valence-corrected chi connectivity index (χ4v) is 2.52. The molecule has 0 aliphatic rings. The first kappa shape index (κ1) is 15.7. The highest BCUT2D eigenvalue weighted by Crippen LogP contribution is 2.30. The van der Waals surface area contributed by atoms with Gasteiger partial charge in [-0.15, -0.1) is 0 Å². The van der Waals surface area contributed by atoms with Crippen LogP contribution in [0.25, 0.3) is 0 Å². The summed E-state index contributed by atoms with van der Waals surface area (Å²) in [6.07, 6.45) is 0.633. The zero-order valence-corrected chi connectivity index (χ0v) is 13.1. The Morgan fingerprint density at radius 1 is 1.14 bits per heavy atom. The number of nitrogens with two attached hydrogens (primary N) is 1. The van der Waals surface area contributed by atoms with Crippen LogP contribution in [0.5, 0.6) is 11.5 Å². The molecule has 2 N–H and O–H groups in total. The van der Waals surface area contributed by atoms with E-state index in [1.165, 1.54) is 0 Å². The van der Waals surface area contributed by atoms with E-state index in [4.69, 9.17) is 26.8 Å². The first-order chi connectivity index (χ1) is 10.2. The van der Waals surface area contributed by atoms with Crippen LogP contribution in [0.4, 0.5) is 0 Å². The first-order valence-corrected chi connectivity index (χ1v) is 7.33. The first-order valence-electron chi connectivity index (χ1n) is 6.95. The van der Waals surface area contributed by atoms with Gasteiger partial charge in [0, 0.05) is 16.6 Å². The molecule has 0 saturated heterocycles. The minimum Gasteiger partial charge on any atom is -0.496 e. The van der Waals surface area contributed by atoms with Crippen molar-refractivity contribution < 1.29 is 9.47 Å². The second-order valence-corrected chi connectivity index (χ2v) is 5.17. The Labute approximate surface area is 130 Å². The highest BCUT2D eigenvalue weighted by atomic mass is 35.5. The third kappa shape index (κ3) is 3.90. The van der Waals surface area contributed by atoms with Gasteiger partial charge in [-0.05, 0) is 43.2 Å². The molecule has 2 rings (SSSR count). The third-order valence-electron chi connectivity index (χ3n) is 3.30. The van der Waals surface area contributed by atoms with Gasteiger partial charge < -0.3 is 15.2 Å². The van der Waals surface area contributed by atoms with Crippen LogP contribution in [-0.4, -0.2) is 13.7 Å². The molecular weight excluding hydrogens is 286 g/mol. The Balaban J connectivity index is 2.26. The maximum atomic E-state index is 6.35. The maximum absolute atomic E-state index is 6.35. The van der Waals surface area contributed by atoms with Gasteiger partial charge in [-0.1, -0.05) is 29.8 Å². The Bertz CT molecular complexity index is 601. The average Bonchev–Trinajstić information content (AvgIpc) is 2.48. The van der Waals surface area contributed by atoms with Gasteiger partial charge in [0.15, 0.2) is 0 Å². The molecule has 4 heteroatoms. The van der Waals surface area contributed by atoms with Crippen LogP contribution in [-0.2, 0) is 6.42 Å². The lowest BCUT2D eigenvalue weighted by molar-refractivity contribution is 0.334. The largest absolute Gasteiger partial charge is 0.496 e. The molecule has 2 aromatic rings. The van der Waals surface area contributed by atoms with Crippen molar-refractivity contribution in [2.75, 3.05) is 13.7 Å². The van der Waals surface area contributed by atoms with E-state index in [0.29, 0.717) is 18.1 Å². The van der Waals surface area contributed by atoms with E-state index >= 15 is 0 Å². The molecule has 0 heterocycles. The number of rotatable bonds is 6. The van der Waals surface area contributed by atoms with E-state index in [9.17, 15) is 0 Å². The van der Waals surface area contributed by atoms with Crippen LogP contribution in [0.3, 0.4) is 0 Å². The van der Waals surface area contributed by atoms with Crippen LogP contribution >= 0.6 is 11.6 Å². The zero-order valence-electron chi connectivity index (χ0n) is 12.3. The number of hydrogen-bond acceptors (Lipinski definition) is 3. The monoisotopic (exact) mass is 305 g/mol. The Morgan fingerprint density at radius 2 is 1.90 bits per heavy atom. The second-order valence-electron chi connectivity index (χ2n) is 4.74. The van der Waals surface area contributed by atoms with Gasteiger partial charge in [-0.3, -0.25) is 0 Å². The van der Waals surface area contributed by atoms with Crippen LogP contribution in [0.2, 0.25) is 5.02 Å². The smallest absolute Gasteiger partial charge is 0.124 e. The molecule has 2 aromatic carbocycles. The van der Waals surface area contributed by atoms with Gasteiger partial charge >= 0.3 is 0 Å². The molecule has 0 aliphatic heterocycles. The Hall–Kier alpha value is -1.71. The lowest BCUT2D eigenvalue weighted by Crippen LogP contribution is -2.15. The molecule has 0 fully saturated rings. The fourth-order valence-electron chi connectivity index (χ4n) is 2.33. The van der Waals surface area contributed by atoms with Gasteiger partial charge in [0.05, 0.1) is 13.7 Å². The molecule has 0 aliphatic carbocycles. The summed E-state index contributed by atoms with van der Waals surface area (Å²) >= 11 is 6.06. The van der Waals surface area contributed by atoms with Crippen molar-refractivity contribution in [1.82, 2.24) is 0 Å². The quantitative estimate of drug-likeness (QED) is 0.877. The molecule has 0 aromatic heterocycles. The molecule has 0 radical (unpaired) electrons. The van der Waals surface area contributed by atoms with Crippen molar-refractivity contribution in [2.45, 2.75) is 19.4 Å². The predicted molar refractivity (Wildman–Crippen MR) is 86.2 cm³/mol. The fraction of sp³-hybridized carbons (Fsp3) is 0.294. The zero-order chi connectivity index (χ0) is 15.2. The second kappa shape index (κ2) is 7.34. The van der Waals surface area contributed by atoms with E-state index in [1.54, 1.807) is 7.11 Å². The summed E-state index contributed by atoms with van der Waals surface area (Å²) < 4.78 is 11.0. The Kier molecular flexibility index (Phi) is 5.48. The number of benzene rings is 2. The summed E-state index contributed by atoms with van der Waals surface area (Å²) in [6, 6.07) is 13.2. The van der Waals surface area contributed by atoms with Crippen molar-refractivity contribution in [3.8, 4) is 11.5 Å². The van der Waals surface area contributed by atoms with Crippen LogP contribution in [0, 0.1) is 0 Å². The SMILES string of the molecule is CCOc1ccccc1C(N)Cc1cc(Cl)ccc1OC. The summed E-state index contributed by atoms with van der Waals surface area (Å²) in [7, 11) is 1.65. The summed E-state index contributed by atoms with van der Waals surface area (Å²) in [5.41, 5.74) is 8.33. The van der Waals surface area contributed by atoms with Crippen LogP contribution < -0.4 is 15.2 Å². The van der Waals surface area contributed by atoms with Crippen molar-refractivity contribution in [1.29, 1.82) is 0 Å². The molecule has 112 valence electrons. The molecule has 21 heavy (non-hydrogen) atoms. The van der Waals surface area contributed by atoms with Gasteiger partial charge in [-0.2, -0.15) is 0 Å². The maximum Gasteiger partial charge on any atom is 0.124 e. The summed E-state index contributed by atoms with van der Waals surface area (Å²) in [4.78, 5) is 0. The topological polar surface area (TPSA) is 44.5 Å². The number of ether oxygens (including phenoxy) is 2. The summed E-state index contributed by atoms with van der Waals surface area (Å²) in [6.45, 7) is 2.58. The molecule has 0 bridgehead atoms. The van der Waals surface area contributed by atoms with E-state index in [0.717, 1.165) is 22.6 Å². The van der Waals surface area contributed by atoms with E-state index < -0.39 is 0 Å². The lowest BCUT2D eigenvalue weighted by Gasteiger charge is -2.18. The standard InChI is InChI=1S/C17H20ClNO2/c1-3-21-17-7-5-4-6-14(17)15(19)11-12-10-13(18)8-9-16(12)20-2/h4-10,15H,3,11,19H2,1-2H3. The molecule has 0 saturated carbocycles. The van der Waals surface area contributed by atoms with E-state index in [-0.39, 0.29) is 6.04 Å². The minimum absolute atomic E-state index is 0.180. The normalized spacial score (nSPS) is 12.0. The van der Waals surface area contributed by atoms with Crippen molar-refractivity contribution in [3.05, 3.63) is 58.6 Å². The van der Waals surface area contributed by atoms with Crippen molar-refractivity contribution in [3.63, 3.8) is 0 Å². The lowest BCUT2D eigenvalue weighted by atomic mass is 9.98. The van der Waals surface area contributed by atoms with Gasteiger partial charge in [-0.25, -0.2) is 0 Å². The highest BCUT2D eigenvalue weighted by molar-refractivity contribution is 6.30. The molecule has 0 amide bonds. The van der Waals surface area contributed by atoms with E-state index in [2.05, 4.69) is 0 Å². The van der Waals surface area contributed by atoms with Gasteiger partial charge in [0.25, 0.3) is 0 Å². The minimum atomic E-state index is -0.180. The summed E-state index contributed by atoms with van der Waals surface area (Å²) in [5.74, 6) is 1.62. The molecular formula is C17H20ClNO2. The van der Waals surface area contributed by atoms with Gasteiger partial charge in [0.2, 0.25) is 0 Å². The van der Waals surface area contributed by atoms with Gasteiger partial charge in [0.1, 0.15) is 11.5 Å². The molecule has 3 nitrogen and oxygen atoms in total. The van der Waals surface area contributed by atoms with Crippen LogP contribution in [0.1, 0.15) is 24.1 Å². The predicted octanol–water partition coefficient (Wildman–Crippen LogP) is 3.99. The number of halogens is 1. The summed E-state index contributed by atoms with van der Waals surface area (Å²) in [5, 5.41) is 0.677. The molecule has 1 unspecified atom stereocenters. The Morgan fingerprint density at radius 3 is 2.62 bits per heavy atom. The number of hydrogen-bond donors (Lipinski definition) is 1. The highest BCUT2D eigenvalue weighted by Gasteiger charge is 2.15. The van der Waals surface area contributed by atoms with E-state index in [1.807, 2.05) is 49.4 Å². The third-order valence-corrected chi connectivity index (χ3v) is 3.54. The number of para-hydroxylation sites is 1. The number of methoxy groups -OCH3 is 1. The molecule has 1 atom stereocenters. The average molecular weight is 306 g/mol. The molecule has 0 spiro atoms. The van der Waals surface area contributed by atoms with Crippen molar-refractivity contribution >= 4 is 11.6 Å². The van der Waals surface area contributed by atoms with Crippen molar-refractivity contribution in [2.24, 2.45) is 5.73 Å². The van der Waals surface area contributed by atoms with Crippen LogP contribution in [0.15, 0.2) is 42.5 Å².